The van der Waals surface area contributed by atoms with Crippen molar-refractivity contribution in [1.82, 2.24) is 0 Å². The van der Waals surface area contributed by atoms with Crippen molar-refractivity contribution < 1.29 is 24.5 Å². The van der Waals surface area contributed by atoms with Crippen molar-refractivity contribution >= 4 is 11.9 Å². The summed E-state index contributed by atoms with van der Waals surface area (Å²) < 4.78 is 6.01. The number of carboxylic acids is 1. The molecule has 5 rings (SSSR count). The number of hydrogen-bond acceptors (Lipinski definition) is 4. The molecule has 1 saturated heterocycles. The molecule has 130 valence electrons. The fourth-order valence-electron chi connectivity index (χ4n) is 7.66. The first kappa shape index (κ1) is 14.9. The van der Waals surface area contributed by atoms with Crippen LogP contribution in [-0.4, -0.2) is 33.9 Å². The third-order valence-corrected chi connectivity index (χ3v) is 8.46. The van der Waals surface area contributed by atoms with Gasteiger partial charge < -0.3 is 14.9 Å². The summed E-state index contributed by atoms with van der Waals surface area (Å²) in [6, 6.07) is 0. The number of ether oxygens (including phenoxy) is 1. The summed E-state index contributed by atoms with van der Waals surface area (Å²) in [5, 5.41) is 20.8. The van der Waals surface area contributed by atoms with Crippen molar-refractivity contribution in [3.63, 3.8) is 0 Å². The molecule has 1 aliphatic heterocycles. The Balaban J connectivity index is 1.76. The zero-order valence-electron chi connectivity index (χ0n) is 14.0. The van der Waals surface area contributed by atoms with Crippen LogP contribution in [0.3, 0.4) is 0 Å². The van der Waals surface area contributed by atoms with Gasteiger partial charge in [-0.2, -0.15) is 0 Å². The predicted molar refractivity (Wildman–Crippen MR) is 83.8 cm³/mol. The molecule has 5 nitrogen and oxygen atoms in total. The summed E-state index contributed by atoms with van der Waals surface area (Å²) in [5.74, 6) is -1.78. The van der Waals surface area contributed by atoms with Gasteiger partial charge in [-0.3, -0.25) is 9.59 Å². The second kappa shape index (κ2) is 4.06. The first-order valence-electron chi connectivity index (χ1n) is 9.09. The van der Waals surface area contributed by atoms with Gasteiger partial charge in [0.25, 0.3) is 0 Å². The van der Waals surface area contributed by atoms with E-state index in [1.54, 1.807) is 6.92 Å². The number of allylic oxidation sites excluding steroid dienone is 1. The SMILES string of the molecule is C=C1C[C@@]23C[C@H]1CC[C@@H]2[C@]12CC[C@H](O)[C@](C)(C(=O)O1)[C@@H]2[C@H]3C(=O)O. The Hall–Kier alpha value is -1.36. The number of fused-ring (bicyclic) bond motifs is 1. The highest BCUT2D eigenvalue weighted by atomic mass is 16.6. The predicted octanol–water partition coefficient (Wildman–Crippen LogP) is 2.14. The van der Waals surface area contributed by atoms with E-state index in [1.165, 1.54) is 5.57 Å². The fraction of sp³-hybridized carbons (Fsp3) is 0.789. The van der Waals surface area contributed by atoms with E-state index in [0.29, 0.717) is 18.8 Å². The highest BCUT2D eigenvalue weighted by Gasteiger charge is 2.83. The van der Waals surface area contributed by atoms with Gasteiger partial charge in [0.1, 0.15) is 5.60 Å². The number of aliphatic hydroxyl groups is 1. The quantitative estimate of drug-likeness (QED) is 0.568. The lowest BCUT2D eigenvalue weighted by atomic mass is 9.59. The monoisotopic (exact) mass is 332 g/mol. The molecule has 5 heteroatoms. The molecular formula is C19H24O5. The molecule has 5 fully saturated rings. The summed E-state index contributed by atoms with van der Waals surface area (Å²) in [7, 11) is 0. The molecule has 0 aromatic heterocycles. The van der Waals surface area contributed by atoms with Crippen molar-refractivity contribution in [2.75, 3.05) is 0 Å². The maximum atomic E-state index is 12.7. The van der Waals surface area contributed by atoms with E-state index in [2.05, 4.69) is 6.58 Å². The van der Waals surface area contributed by atoms with Gasteiger partial charge in [0, 0.05) is 11.8 Å². The Bertz CT molecular complexity index is 685. The zero-order valence-corrected chi connectivity index (χ0v) is 14.0. The molecule has 4 bridgehead atoms. The molecule has 0 aromatic rings. The van der Waals surface area contributed by atoms with Gasteiger partial charge in [-0.1, -0.05) is 12.2 Å². The molecule has 1 heterocycles. The van der Waals surface area contributed by atoms with Crippen LogP contribution < -0.4 is 0 Å². The number of carboxylic acid groups (broad SMARTS) is 1. The smallest absolute Gasteiger partial charge is 0.315 e. The maximum absolute atomic E-state index is 12.7. The minimum atomic E-state index is -1.09. The Morgan fingerprint density at radius 1 is 1.33 bits per heavy atom. The summed E-state index contributed by atoms with van der Waals surface area (Å²) in [5.41, 5.74) is -0.953. The van der Waals surface area contributed by atoms with Crippen LogP contribution in [0.5, 0.6) is 0 Å². The number of esters is 1. The third kappa shape index (κ3) is 1.29. The average Bonchev–Trinajstić information content (AvgIpc) is 2.98. The Morgan fingerprint density at radius 3 is 2.79 bits per heavy atom. The number of carbonyl (C=O) groups is 2. The van der Waals surface area contributed by atoms with Crippen LogP contribution >= 0.6 is 0 Å². The number of aliphatic carboxylic acids is 1. The Kier molecular flexibility index (Phi) is 2.53. The number of rotatable bonds is 1. The van der Waals surface area contributed by atoms with Crippen molar-refractivity contribution in [2.45, 2.75) is 57.2 Å². The van der Waals surface area contributed by atoms with E-state index in [-0.39, 0.29) is 11.3 Å². The highest BCUT2D eigenvalue weighted by molar-refractivity contribution is 5.85. The van der Waals surface area contributed by atoms with Gasteiger partial charge in [0.2, 0.25) is 0 Å². The lowest BCUT2D eigenvalue weighted by Gasteiger charge is -2.44. The van der Waals surface area contributed by atoms with Crippen molar-refractivity contribution in [1.29, 1.82) is 0 Å². The number of aliphatic hydroxyl groups excluding tert-OH is 1. The molecule has 4 saturated carbocycles. The molecule has 0 radical (unpaired) electrons. The normalized spacial score (nSPS) is 57.5. The summed E-state index contributed by atoms with van der Waals surface area (Å²) in [6.45, 7) is 5.95. The second-order valence-electron chi connectivity index (χ2n) is 9.07. The van der Waals surface area contributed by atoms with Crippen LogP contribution in [-0.2, 0) is 14.3 Å². The van der Waals surface area contributed by atoms with Gasteiger partial charge in [-0.25, -0.2) is 0 Å². The number of hydrogen-bond donors (Lipinski definition) is 2. The topological polar surface area (TPSA) is 83.8 Å². The zero-order chi connectivity index (χ0) is 17.1. The van der Waals surface area contributed by atoms with Crippen LogP contribution in [0.15, 0.2) is 12.2 Å². The molecule has 8 atom stereocenters. The van der Waals surface area contributed by atoms with Crippen molar-refractivity contribution in [2.24, 2.45) is 34.5 Å². The lowest BCUT2D eigenvalue weighted by molar-refractivity contribution is -0.162. The van der Waals surface area contributed by atoms with Crippen LogP contribution in [0.4, 0.5) is 0 Å². The molecule has 0 unspecified atom stereocenters. The van der Waals surface area contributed by atoms with Crippen LogP contribution in [0.2, 0.25) is 0 Å². The second-order valence-corrected chi connectivity index (χ2v) is 9.07. The minimum absolute atomic E-state index is 0.0878. The first-order valence-corrected chi connectivity index (χ1v) is 9.09. The number of carbonyl (C=O) groups excluding carboxylic acids is 1. The molecule has 5 aliphatic rings. The first-order chi connectivity index (χ1) is 11.3. The average molecular weight is 332 g/mol. The molecule has 24 heavy (non-hydrogen) atoms. The van der Waals surface area contributed by atoms with Crippen LogP contribution in [0.1, 0.15) is 45.4 Å². The highest BCUT2D eigenvalue weighted by Crippen LogP contribution is 2.77. The molecule has 0 amide bonds. The lowest BCUT2D eigenvalue weighted by Crippen LogP contribution is -2.53. The van der Waals surface area contributed by atoms with E-state index in [4.69, 9.17) is 4.74 Å². The summed E-state index contributed by atoms with van der Waals surface area (Å²) >= 11 is 0. The van der Waals surface area contributed by atoms with E-state index in [1.807, 2.05) is 0 Å². The standard InChI is InChI=1S/C19H24O5/c1-9-7-18-8-10(9)3-4-11(18)19-6-5-12(20)17(2,16(23)24-19)14(19)13(18)15(21)22/h10-14,20H,1,3-8H2,2H3,(H,21,22)/t10-,11+,12+,13+,14+,17+,18-,19+/m1/s1. The van der Waals surface area contributed by atoms with Crippen molar-refractivity contribution in [3.05, 3.63) is 12.2 Å². The van der Waals surface area contributed by atoms with Gasteiger partial charge in [-0.05, 0) is 56.8 Å². The third-order valence-electron chi connectivity index (χ3n) is 8.46. The van der Waals surface area contributed by atoms with Gasteiger partial charge in [0.15, 0.2) is 0 Å². The van der Waals surface area contributed by atoms with Crippen LogP contribution in [0, 0.1) is 34.5 Å². The summed E-state index contributed by atoms with van der Waals surface area (Å²) in [6.07, 6.45) is 3.81. The Morgan fingerprint density at radius 2 is 2.08 bits per heavy atom. The van der Waals surface area contributed by atoms with E-state index in [0.717, 1.165) is 25.7 Å². The van der Waals surface area contributed by atoms with E-state index < -0.39 is 40.9 Å². The fourth-order valence-corrected chi connectivity index (χ4v) is 7.66. The Labute approximate surface area is 141 Å². The van der Waals surface area contributed by atoms with Gasteiger partial charge >= 0.3 is 11.9 Å². The molecule has 1 spiro atoms. The molecule has 4 aliphatic carbocycles. The van der Waals surface area contributed by atoms with Crippen molar-refractivity contribution in [3.8, 4) is 0 Å². The molecular weight excluding hydrogens is 308 g/mol. The van der Waals surface area contributed by atoms with Gasteiger partial charge in [-0.15, -0.1) is 0 Å². The minimum Gasteiger partial charge on any atom is -0.481 e. The van der Waals surface area contributed by atoms with E-state index >= 15 is 0 Å². The summed E-state index contributed by atoms with van der Waals surface area (Å²) in [4.78, 5) is 25.1. The van der Waals surface area contributed by atoms with Gasteiger partial charge in [0.05, 0.1) is 17.4 Å². The van der Waals surface area contributed by atoms with Crippen LogP contribution in [0.25, 0.3) is 0 Å². The molecule has 2 N–H and O–H groups in total. The largest absolute Gasteiger partial charge is 0.481 e. The van der Waals surface area contributed by atoms with E-state index in [9.17, 15) is 19.8 Å². The molecule has 0 aromatic carbocycles. The maximum Gasteiger partial charge on any atom is 0.315 e.